The maximum absolute atomic E-state index is 4.90. The van der Waals surface area contributed by atoms with Crippen LogP contribution >= 0.6 is 11.8 Å². The SMILES string of the molecule is C[C@H](Sc1nc2ccccc2n1Cc1ccccc1)c1ccccc1. The zero-order chi connectivity index (χ0) is 17.1. The Kier molecular flexibility index (Phi) is 4.57. The second-order valence-electron chi connectivity index (χ2n) is 6.13. The molecule has 0 aliphatic carbocycles. The van der Waals surface area contributed by atoms with Crippen LogP contribution in [0.5, 0.6) is 0 Å². The minimum atomic E-state index is 0.354. The summed E-state index contributed by atoms with van der Waals surface area (Å²) in [5.74, 6) is 0. The van der Waals surface area contributed by atoms with Crippen LogP contribution in [0.15, 0.2) is 90.1 Å². The lowest BCUT2D eigenvalue weighted by Gasteiger charge is -2.13. The Morgan fingerprint density at radius 2 is 1.48 bits per heavy atom. The summed E-state index contributed by atoms with van der Waals surface area (Å²) in [6.45, 7) is 3.08. The lowest BCUT2D eigenvalue weighted by Crippen LogP contribution is -2.02. The zero-order valence-corrected chi connectivity index (χ0v) is 15.0. The van der Waals surface area contributed by atoms with Crippen molar-refractivity contribution in [1.82, 2.24) is 9.55 Å². The molecule has 0 amide bonds. The molecule has 0 radical (unpaired) electrons. The highest BCUT2D eigenvalue weighted by atomic mass is 32.2. The van der Waals surface area contributed by atoms with Crippen LogP contribution in [0, 0.1) is 0 Å². The molecule has 0 saturated heterocycles. The van der Waals surface area contributed by atoms with E-state index in [1.54, 1.807) is 0 Å². The van der Waals surface area contributed by atoms with E-state index in [0.29, 0.717) is 5.25 Å². The normalized spacial score (nSPS) is 12.4. The van der Waals surface area contributed by atoms with Crippen molar-refractivity contribution >= 4 is 22.8 Å². The molecule has 1 aromatic heterocycles. The fraction of sp³-hybridized carbons (Fsp3) is 0.136. The summed E-state index contributed by atoms with van der Waals surface area (Å²) in [6.07, 6.45) is 0. The molecule has 4 aromatic rings. The lowest BCUT2D eigenvalue weighted by atomic mass is 10.2. The smallest absolute Gasteiger partial charge is 0.169 e. The summed E-state index contributed by atoms with van der Waals surface area (Å²) < 4.78 is 2.33. The molecule has 25 heavy (non-hydrogen) atoms. The molecule has 0 aliphatic heterocycles. The van der Waals surface area contributed by atoms with E-state index in [1.165, 1.54) is 16.6 Å². The van der Waals surface area contributed by atoms with E-state index in [4.69, 9.17) is 4.98 Å². The molecular weight excluding hydrogens is 324 g/mol. The van der Waals surface area contributed by atoms with Crippen LogP contribution in [0.3, 0.4) is 0 Å². The van der Waals surface area contributed by atoms with Crippen molar-refractivity contribution in [3.63, 3.8) is 0 Å². The minimum absolute atomic E-state index is 0.354. The highest BCUT2D eigenvalue weighted by molar-refractivity contribution is 7.99. The number of imidazole rings is 1. The first kappa shape index (κ1) is 16.0. The van der Waals surface area contributed by atoms with Crippen molar-refractivity contribution in [2.45, 2.75) is 23.9 Å². The second-order valence-corrected chi connectivity index (χ2v) is 7.43. The molecule has 124 valence electrons. The zero-order valence-electron chi connectivity index (χ0n) is 14.2. The van der Waals surface area contributed by atoms with Gasteiger partial charge in [-0.25, -0.2) is 4.98 Å². The molecule has 0 saturated carbocycles. The van der Waals surface area contributed by atoms with Crippen LogP contribution < -0.4 is 0 Å². The summed E-state index contributed by atoms with van der Waals surface area (Å²) in [6, 6.07) is 29.6. The summed E-state index contributed by atoms with van der Waals surface area (Å²) in [5, 5.41) is 1.42. The minimum Gasteiger partial charge on any atom is -0.314 e. The third-order valence-electron chi connectivity index (χ3n) is 4.35. The largest absolute Gasteiger partial charge is 0.314 e. The second kappa shape index (κ2) is 7.16. The topological polar surface area (TPSA) is 17.8 Å². The van der Waals surface area contributed by atoms with E-state index in [2.05, 4.69) is 96.4 Å². The van der Waals surface area contributed by atoms with Crippen LogP contribution in [-0.2, 0) is 6.54 Å². The number of nitrogens with zero attached hydrogens (tertiary/aromatic N) is 2. The van der Waals surface area contributed by atoms with Crippen molar-refractivity contribution in [1.29, 1.82) is 0 Å². The Morgan fingerprint density at radius 1 is 0.840 bits per heavy atom. The van der Waals surface area contributed by atoms with Gasteiger partial charge in [-0.05, 0) is 30.2 Å². The molecule has 0 bridgehead atoms. The third kappa shape index (κ3) is 3.47. The lowest BCUT2D eigenvalue weighted by molar-refractivity contribution is 0.729. The molecular formula is C22H20N2S. The van der Waals surface area contributed by atoms with Crippen LogP contribution in [0.25, 0.3) is 11.0 Å². The van der Waals surface area contributed by atoms with E-state index in [-0.39, 0.29) is 0 Å². The highest BCUT2D eigenvalue weighted by Gasteiger charge is 2.15. The number of thioether (sulfide) groups is 1. The summed E-state index contributed by atoms with van der Waals surface area (Å²) in [5.41, 5.74) is 4.86. The first-order chi connectivity index (χ1) is 12.3. The Balaban J connectivity index is 1.71. The van der Waals surface area contributed by atoms with Crippen LogP contribution in [0.2, 0.25) is 0 Å². The molecule has 2 nitrogen and oxygen atoms in total. The molecule has 4 rings (SSSR count). The van der Waals surface area contributed by atoms with Gasteiger partial charge >= 0.3 is 0 Å². The van der Waals surface area contributed by atoms with Crippen LogP contribution in [0.1, 0.15) is 23.3 Å². The van der Waals surface area contributed by atoms with E-state index >= 15 is 0 Å². The average Bonchev–Trinajstić information content (AvgIpc) is 3.00. The van der Waals surface area contributed by atoms with E-state index in [1.807, 2.05) is 11.8 Å². The highest BCUT2D eigenvalue weighted by Crippen LogP contribution is 2.36. The number of hydrogen-bond acceptors (Lipinski definition) is 2. The molecule has 3 aromatic carbocycles. The van der Waals surface area contributed by atoms with Gasteiger partial charge in [-0.1, -0.05) is 84.6 Å². The van der Waals surface area contributed by atoms with Gasteiger partial charge in [0.15, 0.2) is 5.16 Å². The number of fused-ring (bicyclic) bond motifs is 1. The molecule has 0 fully saturated rings. The molecule has 0 spiro atoms. The number of hydrogen-bond donors (Lipinski definition) is 0. The Bertz CT molecular complexity index is 961. The number of rotatable bonds is 5. The van der Waals surface area contributed by atoms with Gasteiger partial charge in [-0.2, -0.15) is 0 Å². The van der Waals surface area contributed by atoms with Crippen molar-refractivity contribution in [2.24, 2.45) is 0 Å². The van der Waals surface area contributed by atoms with E-state index < -0.39 is 0 Å². The van der Waals surface area contributed by atoms with Gasteiger partial charge in [0.2, 0.25) is 0 Å². The average molecular weight is 344 g/mol. The molecule has 0 unspecified atom stereocenters. The maximum atomic E-state index is 4.90. The number of para-hydroxylation sites is 2. The quantitative estimate of drug-likeness (QED) is 0.417. The van der Waals surface area contributed by atoms with Crippen LogP contribution in [0.4, 0.5) is 0 Å². The van der Waals surface area contributed by atoms with E-state index in [9.17, 15) is 0 Å². The van der Waals surface area contributed by atoms with Gasteiger partial charge in [0.1, 0.15) is 0 Å². The summed E-state index contributed by atoms with van der Waals surface area (Å²) in [4.78, 5) is 4.90. The van der Waals surface area contributed by atoms with Crippen molar-refractivity contribution in [3.05, 3.63) is 96.1 Å². The summed E-state index contributed by atoms with van der Waals surface area (Å²) >= 11 is 1.82. The van der Waals surface area contributed by atoms with Gasteiger partial charge in [0.25, 0.3) is 0 Å². The van der Waals surface area contributed by atoms with Crippen molar-refractivity contribution in [2.75, 3.05) is 0 Å². The van der Waals surface area contributed by atoms with Gasteiger partial charge in [-0.15, -0.1) is 0 Å². The molecule has 0 aliphatic rings. The summed E-state index contributed by atoms with van der Waals surface area (Å²) in [7, 11) is 0. The maximum Gasteiger partial charge on any atom is 0.169 e. The predicted octanol–water partition coefficient (Wildman–Crippen LogP) is 5.94. The van der Waals surface area contributed by atoms with Gasteiger partial charge < -0.3 is 4.57 Å². The fourth-order valence-corrected chi connectivity index (χ4v) is 4.06. The van der Waals surface area contributed by atoms with Crippen LogP contribution in [-0.4, -0.2) is 9.55 Å². The first-order valence-corrected chi connectivity index (χ1v) is 9.40. The standard InChI is InChI=1S/C22H20N2S/c1-17(19-12-6-3-7-13-19)25-22-23-20-14-8-9-15-21(20)24(22)16-18-10-4-2-5-11-18/h2-15,17H,16H2,1H3/t17-/m0/s1. The van der Waals surface area contributed by atoms with E-state index in [0.717, 1.165) is 17.2 Å². The number of benzene rings is 3. The molecule has 1 atom stereocenters. The Labute approximate surface area is 152 Å². The Hall–Kier alpha value is -2.52. The van der Waals surface area contributed by atoms with Gasteiger partial charge in [0.05, 0.1) is 17.6 Å². The molecule has 1 heterocycles. The molecule has 3 heteroatoms. The number of aromatic nitrogens is 2. The predicted molar refractivity (Wildman–Crippen MR) is 106 cm³/mol. The van der Waals surface area contributed by atoms with Crippen molar-refractivity contribution in [3.8, 4) is 0 Å². The first-order valence-electron chi connectivity index (χ1n) is 8.52. The molecule has 0 N–H and O–H groups in total. The van der Waals surface area contributed by atoms with Gasteiger partial charge in [0, 0.05) is 5.25 Å². The van der Waals surface area contributed by atoms with Crippen molar-refractivity contribution < 1.29 is 0 Å². The monoisotopic (exact) mass is 344 g/mol. The fourth-order valence-electron chi connectivity index (χ4n) is 3.01. The third-order valence-corrected chi connectivity index (χ3v) is 5.50. The van der Waals surface area contributed by atoms with Gasteiger partial charge in [-0.3, -0.25) is 0 Å². The Morgan fingerprint density at radius 3 is 2.24 bits per heavy atom.